The number of anilines is 1. The third-order valence-electron chi connectivity index (χ3n) is 5.01. The Morgan fingerprint density at radius 1 is 1.21 bits per heavy atom. The third kappa shape index (κ3) is 5.38. The summed E-state index contributed by atoms with van der Waals surface area (Å²) in [5.74, 6) is 0.613. The highest BCUT2D eigenvalue weighted by Crippen LogP contribution is 2.32. The number of methoxy groups -OCH3 is 1. The molecule has 0 atom stereocenters. The fourth-order valence-electron chi connectivity index (χ4n) is 3.46. The molecule has 2 heterocycles. The van der Waals surface area contributed by atoms with Crippen LogP contribution in [0.4, 0.5) is 5.69 Å². The summed E-state index contributed by atoms with van der Waals surface area (Å²) in [6, 6.07) is 15.1. The van der Waals surface area contributed by atoms with Gasteiger partial charge in [0.05, 0.1) is 18.4 Å². The first-order valence-electron chi connectivity index (χ1n) is 10.7. The molecule has 0 aliphatic rings. The lowest BCUT2D eigenvalue weighted by Crippen LogP contribution is -2.24. The number of thioether (sulfide) groups is 1. The highest BCUT2D eigenvalue weighted by molar-refractivity contribution is 7.99. The van der Waals surface area contributed by atoms with Crippen LogP contribution in [0.2, 0.25) is 0 Å². The van der Waals surface area contributed by atoms with Gasteiger partial charge < -0.3 is 14.8 Å². The van der Waals surface area contributed by atoms with E-state index in [0.29, 0.717) is 53.0 Å². The molecule has 4 rings (SSSR count). The average molecular weight is 484 g/mol. The van der Waals surface area contributed by atoms with E-state index in [2.05, 4.69) is 5.32 Å². The molecule has 172 valence electrons. The number of carbonyl (C=O) groups excluding carboxylic acids is 1. The van der Waals surface area contributed by atoms with Gasteiger partial charge in [-0.05, 0) is 31.5 Å². The quantitative estimate of drug-likeness (QED) is 0.199. The normalized spacial score (nSPS) is 11.2. The molecule has 0 saturated heterocycles. The van der Waals surface area contributed by atoms with Crippen LogP contribution in [0.1, 0.15) is 13.3 Å². The van der Waals surface area contributed by atoms with Crippen LogP contribution in [0.25, 0.3) is 20.3 Å². The summed E-state index contributed by atoms with van der Waals surface area (Å²) in [4.78, 5) is 30.8. The van der Waals surface area contributed by atoms with Crippen LogP contribution in [-0.2, 0) is 16.1 Å². The zero-order valence-electron chi connectivity index (χ0n) is 18.5. The summed E-state index contributed by atoms with van der Waals surface area (Å²) in [5.41, 5.74) is 1.27. The Kier molecular flexibility index (Phi) is 7.64. The Bertz CT molecular complexity index is 1330. The molecule has 0 bridgehead atoms. The molecular weight excluding hydrogens is 458 g/mol. The zero-order valence-corrected chi connectivity index (χ0v) is 20.1. The van der Waals surface area contributed by atoms with Crippen LogP contribution in [0.15, 0.2) is 58.5 Å². The van der Waals surface area contributed by atoms with Crippen molar-refractivity contribution in [3.63, 3.8) is 0 Å². The molecule has 0 fully saturated rings. The van der Waals surface area contributed by atoms with Gasteiger partial charge in [-0.1, -0.05) is 36.0 Å². The number of ether oxygens (including phenoxy) is 2. The van der Waals surface area contributed by atoms with E-state index < -0.39 is 0 Å². The van der Waals surface area contributed by atoms with Crippen LogP contribution >= 0.6 is 23.1 Å². The number of carbonyl (C=O) groups is 1. The van der Waals surface area contributed by atoms with Crippen molar-refractivity contribution in [2.45, 2.75) is 25.0 Å². The van der Waals surface area contributed by atoms with Gasteiger partial charge in [-0.2, -0.15) is 0 Å². The number of nitrogens with zero attached hydrogens (tertiary/aromatic N) is 2. The van der Waals surface area contributed by atoms with Gasteiger partial charge in [-0.25, -0.2) is 4.98 Å². The predicted molar refractivity (Wildman–Crippen MR) is 135 cm³/mol. The van der Waals surface area contributed by atoms with Crippen molar-refractivity contribution in [3.05, 3.63) is 58.9 Å². The molecule has 9 heteroatoms. The summed E-state index contributed by atoms with van der Waals surface area (Å²) in [6.45, 7) is 3.62. The number of rotatable bonds is 10. The molecule has 1 N–H and O–H groups in total. The van der Waals surface area contributed by atoms with Crippen molar-refractivity contribution >= 4 is 55.0 Å². The highest BCUT2D eigenvalue weighted by atomic mass is 32.2. The maximum atomic E-state index is 13.4. The number of fused-ring (bicyclic) bond motifs is 3. The molecule has 4 aromatic rings. The van der Waals surface area contributed by atoms with Crippen LogP contribution in [-0.4, -0.2) is 41.5 Å². The number of amides is 1. The lowest BCUT2D eigenvalue weighted by Gasteiger charge is -2.12. The van der Waals surface area contributed by atoms with Crippen molar-refractivity contribution in [2.24, 2.45) is 0 Å². The number of nitrogens with one attached hydrogen (secondary N) is 1. The second-order valence-corrected chi connectivity index (χ2v) is 9.24. The monoisotopic (exact) mass is 483 g/mol. The van der Waals surface area contributed by atoms with E-state index in [0.717, 1.165) is 10.1 Å². The van der Waals surface area contributed by atoms with Crippen molar-refractivity contribution in [1.82, 2.24) is 9.55 Å². The van der Waals surface area contributed by atoms with Crippen molar-refractivity contribution < 1.29 is 14.3 Å². The lowest BCUT2D eigenvalue weighted by atomic mass is 10.2. The van der Waals surface area contributed by atoms with Gasteiger partial charge in [0.1, 0.15) is 10.4 Å². The summed E-state index contributed by atoms with van der Waals surface area (Å²) < 4.78 is 14.0. The molecule has 2 aromatic carbocycles. The fourth-order valence-corrected chi connectivity index (χ4v) is 5.37. The van der Waals surface area contributed by atoms with Gasteiger partial charge in [0.25, 0.3) is 5.56 Å². The molecule has 0 radical (unpaired) electrons. The molecule has 2 aromatic heterocycles. The minimum atomic E-state index is -0.182. The molecule has 0 aliphatic heterocycles. The Hall–Kier alpha value is -2.88. The number of hydrogen-bond acceptors (Lipinski definition) is 7. The molecule has 0 spiro atoms. The Labute approximate surface area is 199 Å². The van der Waals surface area contributed by atoms with E-state index in [-0.39, 0.29) is 17.2 Å². The van der Waals surface area contributed by atoms with Crippen molar-refractivity contribution in [1.29, 1.82) is 0 Å². The minimum Gasteiger partial charge on any atom is -0.497 e. The largest absolute Gasteiger partial charge is 0.497 e. The zero-order chi connectivity index (χ0) is 23.2. The van der Waals surface area contributed by atoms with Crippen LogP contribution in [0, 0.1) is 0 Å². The van der Waals surface area contributed by atoms with E-state index >= 15 is 0 Å². The van der Waals surface area contributed by atoms with E-state index in [1.807, 2.05) is 43.3 Å². The van der Waals surface area contributed by atoms with Crippen LogP contribution in [0.5, 0.6) is 5.75 Å². The summed E-state index contributed by atoms with van der Waals surface area (Å²) >= 11 is 2.72. The van der Waals surface area contributed by atoms with Gasteiger partial charge in [-0.3, -0.25) is 14.2 Å². The molecule has 0 saturated carbocycles. The topological polar surface area (TPSA) is 82.4 Å². The molecule has 0 unspecified atom stereocenters. The first-order chi connectivity index (χ1) is 16.1. The van der Waals surface area contributed by atoms with Crippen molar-refractivity contribution in [2.75, 3.05) is 31.4 Å². The smallest absolute Gasteiger partial charge is 0.272 e. The second-order valence-electron chi connectivity index (χ2n) is 7.25. The maximum absolute atomic E-state index is 13.4. The number of hydrogen-bond donors (Lipinski definition) is 1. The first kappa shape index (κ1) is 23.3. The van der Waals surface area contributed by atoms with Gasteiger partial charge in [-0.15, -0.1) is 11.3 Å². The van der Waals surface area contributed by atoms with E-state index in [1.54, 1.807) is 23.8 Å². The molecule has 7 nitrogen and oxygen atoms in total. The fraction of sp³-hybridized carbons (Fsp3) is 0.292. The molecule has 0 aliphatic carbocycles. The van der Waals surface area contributed by atoms with Gasteiger partial charge in [0.2, 0.25) is 5.91 Å². The number of thiophene rings is 1. The van der Waals surface area contributed by atoms with Gasteiger partial charge in [0.15, 0.2) is 5.16 Å². The van der Waals surface area contributed by atoms with Crippen molar-refractivity contribution in [3.8, 4) is 5.75 Å². The molecule has 1 amide bonds. The van der Waals surface area contributed by atoms with E-state index in [1.165, 1.54) is 23.1 Å². The van der Waals surface area contributed by atoms with E-state index in [4.69, 9.17) is 14.5 Å². The summed E-state index contributed by atoms with van der Waals surface area (Å²) in [7, 11) is 1.58. The third-order valence-corrected chi connectivity index (χ3v) is 7.13. The summed E-state index contributed by atoms with van der Waals surface area (Å²) in [6.07, 6.45) is 0.690. The predicted octanol–water partition coefficient (Wildman–Crippen LogP) is 4.78. The second kappa shape index (κ2) is 10.8. The Balaban J connectivity index is 1.60. The Morgan fingerprint density at radius 2 is 2.06 bits per heavy atom. The number of aromatic nitrogens is 2. The Morgan fingerprint density at radius 3 is 2.88 bits per heavy atom. The minimum absolute atomic E-state index is 0.0756. The standard InChI is InChI=1S/C24H25N3O4S2/c1-3-31-13-7-12-27-23(29)22-21(18-10-4-5-11-19(18)33-22)26-24(27)32-15-20(28)25-16-8-6-9-17(14-16)30-2/h4-6,8-11,14H,3,7,12-13,15H2,1-2H3,(H,25,28). The average Bonchev–Trinajstić information content (AvgIpc) is 3.21. The highest BCUT2D eigenvalue weighted by Gasteiger charge is 2.17. The van der Waals surface area contributed by atoms with Crippen LogP contribution < -0.4 is 15.6 Å². The summed E-state index contributed by atoms with van der Waals surface area (Å²) in [5, 5.41) is 4.36. The molecule has 33 heavy (non-hydrogen) atoms. The van der Waals surface area contributed by atoms with Gasteiger partial charge in [0, 0.05) is 41.6 Å². The van der Waals surface area contributed by atoms with Gasteiger partial charge >= 0.3 is 0 Å². The number of benzene rings is 2. The maximum Gasteiger partial charge on any atom is 0.272 e. The van der Waals surface area contributed by atoms with E-state index in [9.17, 15) is 9.59 Å². The molecular formula is C24H25N3O4S2. The first-order valence-corrected chi connectivity index (χ1v) is 12.5. The lowest BCUT2D eigenvalue weighted by molar-refractivity contribution is -0.113. The van der Waals surface area contributed by atoms with Crippen LogP contribution in [0.3, 0.4) is 0 Å². The SMILES string of the molecule is CCOCCCn1c(SCC(=O)Nc2cccc(OC)c2)nc2c(sc3ccccc32)c1=O.